The topological polar surface area (TPSA) is 122 Å². The van der Waals surface area contributed by atoms with Crippen molar-refractivity contribution in [3.05, 3.63) is 105 Å². The second-order valence-electron chi connectivity index (χ2n) is 9.83. The highest BCUT2D eigenvalue weighted by Gasteiger charge is 2.22. The van der Waals surface area contributed by atoms with Crippen LogP contribution < -0.4 is 15.0 Å². The molecule has 0 saturated heterocycles. The number of para-hydroxylation sites is 1. The molecule has 0 unspecified atom stereocenters. The summed E-state index contributed by atoms with van der Waals surface area (Å²) in [5.74, 6) is 1.92. The number of benzene rings is 2. The number of nitro groups is 1. The molecule has 1 aliphatic rings. The van der Waals surface area contributed by atoms with E-state index in [2.05, 4.69) is 16.7 Å². The molecule has 4 aromatic rings. The third-order valence-electron chi connectivity index (χ3n) is 7.03. The van der Waals surface area contributed by atoms with Gasteiger partial charge in [-0.3, -0.25) is 14.9 Å². The van der Waals surface area contributed by atoms with Crippen LogP contribution in [0, 0.1) is 10.1 Å². The molecular weight excluding hydrogens is 522 g/mol. The summed E-state index contributed by atoms with van der Waals surface area (Å²) in [7, 11) is 0. The quantitative estimate of drug-likeness (QED) is 0.0944. The summed E-state index contributed by atoms with van der Waals surface area (Å²) in [6, 6.07) is 13.8. The van der Waals surface area contributed by atoms with Crippen molar-refractivity contribution in [1.29, 1.82) is 0 Å². The Kier molecular flexibility index (Phi) is 8.47. The average Bonchev–Trinajstić information content (AvgIpc) is 2.99. The Morgan fingerprint density at radius 1 is 1.17 bits per heavy atom. The summed E-state index contributed by atoms with van der Waals surface area (Å²) in [5.41, 5.74) is 1.80. The van der Waals surface area contributed by atoms with Gasteiger partial charge in [0.15, 0.2) is 11.5 Å². The lowest BCUT2D eigenvalue weighted by Gasteiger charge is -2.22. The van der Waals surface area contributed by atoms with Crippen molar-refractivity contribution < 1.29 is 14.4 Å². The van der Waals surface area contributed by atoms with Crippen molar-refractivity contribution in [3.8, 4) is 17.4 Å². The number of hydrogen-bond donors (Lipinski definition) is 0. The molecule has 41 heavy (non-hydrogen) atoms. The molecule has 10 heteroatoms. The molecule has 0 atom stereocenters. The molecule has 0 aliphatic heterocycles. The van der Waals surface area contributed by atoms with Gasteiger partial charge in [0.2, 0.25) is 5.88 Å². The van der Waals surface area contributed by atoms with Crippen LogP contribution >= 0.6 is 0 Å². The Balaban J connectivity index is 1.56. The van der Waals surface area contributed by atoms with Crippen molar-refractivity contribution in [3.63, 3.8) is 0 Å². The molecule has 2 aromatic carbocycles. The number of allylic oxidation sites excluding steroid dienone is 1. The lowest BCUT2D eigenvalue weighted by molar-refractivity contribution is -0.385. The zero-order valence-electron chi connectivity index (χ0n) is 22.9. The van der Waals surface area contributed by atoms with E-state index in [4.69, 9.17) is 14.5 Å². The number of aromatic nitrogens is 3. The Hall–Kier alpha value is -4.86. The summed E-state index contributed by atoms with van der Waals surface area (Å²) >= 11 is 0. The van der Waals surface area contributed by atoms with Crippen LogP contribution in [0.2, 0.25) is 0 Å². The van der Waals surface area contributed by atoms with Gasteiger partial charge in [-0.15, -0.1) is 6.58 Å². The highest BCUT2D eigenvalue weighted by atomic mass is 16.6. The summed E-state index contributed by atoms with van der Waals surface area (Å²) in [5, 5.41) is 16.2. The molecular formula is C31H31N5O5. The van der Waals surface area contributed by atoms with Gasteiger partial charge < -0.3 is 9.47 Å². The molecule has 0 radical (unpaired) electrons. The van der Waals surface area contributed by atoms with Crippen LogP contribution in [-0.2, 0) is 6.42 Å². The number of hydrogen-bond acceptors (Lipinski definition) is 8. The minimum absolute atomic E-state index is 0.133. The number of fused-ring (bicyclic) bond motifs is 1. The highest BCUT2D eigenvalue weighted by molar-refractivity contribution is 5.82. The van der Waals surface area contributed by atoms with Gasteiger partial charge in [0, 0.05) is 23.6 Å². The molecule has 210 valence electrons. The Morgan fingerprint density at radius 3 is 2.68 bits per heavy atom. The van der Waals surface area contributed by atoms with Gasteiger partial charge in [0.1, 0.15) is 12.0 Å². The Bertz CT molecular complexity index is 1660. The first-order valence-corrected chi connectivity index (χ1v) is 13.7. The van der Waals surface area contributed by atoms with E-state index in [9.17, 15) is 14.9 Å². The number of nitrogens with zero attached hydrogens (tertiary/aromatic N) is 5. The second kappa shape index (κ2) is 12.5. The van der Waals surface area contributed by atoms with Gasteiger partial charge in [0.05, 0.1) is 28.6 Å². The van der Waals surface area contributed by atoms with Crippen LogP contribution in [-0.4, -0.2) is 32.4 Å². The third-order valence-corrected chi connectivity index (χ3v) is 7.03. The zero-order chi connectivity index (χ0) is 28.8. The van der Waals surface area contributed by atoms with Crippen molar-refractivity contribution in [2.45, 2.75) is 51.4 Å². The first-order valence-electron chi connectivity index (χ1n) is 13.7. The predicted octanol–water partition coefficient (Wildman–Crippen LogP) is 6.55. The van der Waals surface area contributed by atoms with Gasteiger partial charge in [0.25, 0.3) is 11.2 Å². The molecule has 2 aromatic heterocycles. The maximum absolute atomic E-state index is 13.6. The van der Waals surface area contributed by atoms with Gasteiger partial charge in [-0.2, -0.15) is 9.78 Å². The fraction of sp³-hybridized carbons (Fsp3) is 0.290. The van der Waals surface area contributed by atoms with E-state index in [1.807, 2.05) is 31.2 Å². The summed E-state index contributed by atoms with van der Waals surface area (Å²) in [6.45, 7) is 6.10. The average molecular weight is 554 g/mol. The van der Waals surface area contributed by atoms with Gasteiger partial charge in [-0.25, -0.2) is 9.97 Å². The molecule has 0 amide bonds. The van der Waals surface area contributed by atoms with E-state index in [1.165, 1.54) is 23.2 Å². The first kappa shape index (κ1) is 27.7. The lowest BCUT2D eigenvalue weighted by Crippen LogP contribution is -2.25. The number of rotatable bonds is 10. The smallest absolute Gasteiger partial charge is 0.287 e. The molecule has 10 nitrogen and oxygen atoms in total. The predicted molar refractivity (Wildman–Crippen MR) is 157 cm³/mol. The molecule has 0 N–H and O–H groups in total. The monoisotopic (exact) mass is 553 g/mol. The van der Waals surface area contributed by atoms with Crippen LogP contribution in [0.3, 0.4) is 0 Å². The SMILES string of the molecule is C=CCc1cc(C=Nn2c(C3CCCCC3)nc3ccccc3c2=O)cc(OCC)c1Oc1ccc([N+](=O)[O-])cn1. The van der Waals surface area contributed by atoms with E-state index in [0.29, 0.717) is 46.8 Å². The first-order chi connectivity index (χ1) is 20.0. The molecule has 1 saturated carbocycles. The van der Waals surface area contributed by atoms with Crippen molar-refractivity contribution in [2.75, 3.05) is 6.61 Å². The summed E-state index contributed by atoms with van der Waals surface area (Å²) < 4.78 is 13.4. The highest BCUT2D eigenvalue weighted by Crippen LogP contribution is 2.37. The van der Waals surface area contributed by atoms with Gasteiger partial charge in [-0.05, 0) is 56.0 Å². The van der Waals surface area contributed by atoms with Gasteiger partial charge >= 0.3 is 0 Å². The van der Waals surface area contributed by atoms with Gasteiger partial charge in [-0.1, -0.05) is 37.5 Å². The number of pyridine rings is 1. The van der Waals surface area contributed by atoms with Crippen molar-refractivity contribution in [1.82, 2.24) is 14.6 Å². The third kappa shape index (κ3) is 6.16. The summed E-state index contributed by atoms with van der Waals surface area (Å²) in [4.78, 5) is 33.0. The zero-order valence-corrected chi connectivity index (χ0v) is 22.9. The molecule has 1 fully saturated rings. The van der Waals surface area contributed by atoms with Crippen molar-refractivity contribution >= 4 is 22.8 Å². The standard InChI is InChI=1S/C31H31N5O5/c1-3-10-23-17-21(18-27(40-4-2)29(23)41-28-16-15-24(20-32-28)36(38)39)19-33-35-30(22-11-6-5-7-12-22)34-26-14-9-8-13-25(26)31(35)37/h3,8-9,13-20,22H,1,4-7,10-12H2,2H3. The van der Waals surface area contributed by atoms with E-state index in [1.54, 1.807) is 24.4 Å². The molecule has 0 spiro atoms. The normalized spacial score (nSPS) is 13.9. The Morgan fingerprint density at radius 2 is 1.98 bits per heavy atom. The summed E-state index contributed by atoms with van der Waals surface area (Å²) in [6.07, 6.45) is 10.3. The largest absolute Gasteiger partial charge is 0.490 e. The van der Waals surface area contributed by atoms with E-state index >= 15 is 0 Å². The van der Waals surface area contributed by atoms with E-state index < -0.39 is 4.92 Å². The van der Waals surface area contributed by atoms with Crippen molar-refractivity contribution in [2.24, 2.45) is 5.10 Å². The molecule has 1 aliphatic carbocycles. The second-order valence-corrected chi connectivity index (χ2v) is 9.83. The van der Waals surface area contributed by atoms with E-state index in [-0.39, 0.29) is 23.0 Å². The minimum atomic E-state index is -0.518. The minimum Gasteiger partial charge on any atom is -0.490 e. The van der Waals surface area contributed by atoms with Crippen LogP contribution in [0.15, 0.2) is 77.3 Å². The van der Waals surface area contributed by atoms with Crippen LogP contribution in [0.1, 0.15) is 61.9 Å². The molecule has 2 heterocycles. The fourth-order valence-corrected chi connectivity index (χ4v) is 5.09. The van der Waals surface area contributed by atoms with Crippen LogP contribution in [0.5, 0.6) is 17.4 Å². The maximum atomic E-state index is 13.6. The lowest BCUT2D eigenvalue weighted by atomic mass is 9.88. The molecule has 0 bridgehead atoms. The fourth-order valence-electron chi connectivity index (χ4n) is 5.09. The number of ether oxygens (including phenoxy) is 2. The molecule has 5 rings (SSSR count). The van der Waals surface area contributed by atoms with Crippen LogP contribution in [0.4, 0.5) is 5.69 Å². The Labute approximate surface area is 237 Å². The maximum Gasteiger partial charge on any atom is 0.287 e. The van der Waals surface area contributed by atoms with E-state index in [0.717, 1.165) is 37.4 Å². The van der Waals surface area contributed by atoms with Crippen LogP contribution in [0.25, 0.3) is 10.9 Å².